The van der Waals surface area contributed by atoms with Gasteiger partial charge in [0.1, 0.15) is 6.54 Å². The smallest absolute Gasteiger partial charge is 0.279 e. The standard InChI is InChI=1S/C16H15Cl3N2O/c1-21(9-11-2-4-12(17)5-3-11)10-16(22)20-15-7-6-13(18)8-14(15)19/h2-8H,9-10H2,1H3,(H,20,22)/p+1. The molecule has 0 fully saturated rings. The molecule has 0 aliphatic carbocycles. The average molecular weight is 359 g/mol. The summed E-state index contributed by atoms with van der Waals surface area (Å²) in [5.74, 6) is -0.101. The molecule has 1 unspecified atom stereocenters. The van der Waals surface area contributed by atoms with Crippen molar-refractivity contribution in [3.63, 3.8) is 0 Å². The minimum atomic E-state index is -0.101. The molecule has 22 heavy (non-hydrogen) atoms. The van der Waals surface area contributed by atoms with Crippen LogP contribution >= 0.6 is 34.8 Å². The topological polar surface area (TPSA) is 33.5 Å². The molecule has 0 spiro atoms. The van der Waals surface area contributed by atoms with E-state index in [0.29, 0.717) is 27.3 Å². The van der Waals surface area contributed by atoms with Crippen molar-refractivity contribution in [3.05, 3.63) is 63.1 Å². The van der Waals surface area contributed by atoms with Crippen LogP contribution in [0.5, 0.6) is 0 Å². The van der Waals surface area contributed by atoms with Crippen molar-refractivity contribution in [3.8, 4) is 0 Å². The Labute approximate surface area is 144 Å². The predicted molar refractivity (Wildman–Crippen MR) is 92.0 cm³/mol. The molecule has 0 heterocycles. The summed E-state index contributed by atoms with van der Waals surface area (Å²) in [5.41, 5.74) is 1.69. The van der Waals surface area contributed by atoms with Crippen LogP contribution in [0.15, 0.2) is 42.5 Å². The lowest BCUT2D eigenvalue weighted by Gasteiger charge is -2.14. The van der Waals surface area contributed by atoms with E-state index in [-0.39, 0.29) is 5.91 Å². The highest BCUT2D eigenvalue weighted by Crippen LogP contribution is 2.25. The summed E-state index contributed by atoms with van der Waals surface area (Å²) in [7, 11) is 1.96. The summed E-state index contributed by atoms with van der Waals surface area (Å²) in [4.78, 5) is 13.1. The maximum absolute atomic E-state index is 12.1. The second-order valence-corrected chi connectivity index (χ2v) is 6.39. The summed E-state index contributed by atoms with van der Waals surface area (Å²) in [6, 6.07) is 12.6. The zero-order valence-corrected chi connectivity index (χ0v) is 14.3. The first-order valence-corrected chi connectivity index (χ1v) is 7.88. The summed E-state index contributed by atoms with van der Waals surface area (Å²) in [6.07, 6.45) is 0. The number of carbonyl (C=O) groups excluding carboxylic acids is 1. The molecule has 0 aliphatic rings. The molecule has 116 valence electrons. The molecule has 6 heteroatoms. The molecule has 2 aromatic carbocycles. The number of anilines is 1. The monoisotopic (exact) mass is 357 g/mol. The zero-order valence-electron chi connectivity index (χ0n) is 12.0. The molecule has 0 saturated carbocycles. The first-order chi connectivity index (χ1) is 10.4. The van der Waals surface area contributed by atoms with Crippen LogP contribution in [-0.2, 0) is 11.3 Å². The third-order valence-electron chi connectivity index (χ3n) is 3.09. The number of hydrogen-bond acceptors (Lipinski definition) is 1. The molecule has 2 N–H and O–H groups in total. The Morgan fingerprint density at radius 1 is 1.05 bits per heavy atom. The molecule has 1 amide bonds. The van der Waals surface area contributed by atoms with Gasteiger partial charge in [-0.25, -0.2) is 0 Å². The molecule has 1 atom stereocenters. The van der Waals surface area contributed by atoms with E-state index in [0.717, 1.165) is 17.0 Å². The van der Waals surface area contributed by atoms with Gasteiger partial charge in [0.05, 0.1) is 17.8 Å². The van der Waals surface area contributed by atoms with E-state index in [9.17, 15) is 4.79 Å². The van der Waals surface area contributed by atoms with E-state index < -0.39 is 0 Å². The molecule has 0 aliphatic heterocycles. The van der Waals surface area contributed by atoms with Gasteiger partial charge in [-0.1, -0.05) is 46.9 Å². The van der Waals surface area contributed by atoms with E-state index in [4.69, 9.17) is 34.8 Å². The molecular weight excluding hydrogens is 343 g/mol. The van der Waals surface area contributed by atoms with Gasteiger partial charge in [-0.05, 0) is 30.3 Å². The van der Waals surface area contributed by atoms with Crippen LogP contribution < -0.4 is 10.2 Å². The second kappa shape index (κ2) is 7.84. The van der Waals surface area contributed by atoms with Crippen LogP contribution in [0.3, 0.4) is 0 Å². The van der Waals surface area contributed by atoms with E-state index >= 15 is 0 Å². The van der Waals surface area contributed by atoms with Crippen LogP contribution in [0.4, 0.5) is 5.69 Å². The number of nitrogens with one attached hydrogen (secondary N) is 2. The number of hydrogen-bond donors (Lipinski definition) is 2. The number of carbonyl (C=O) groups is 1. The number of halogens is 3. The van der Waals surface area contributed by atoms with Crippen molar-refractivity contribution in [1.82, 2.24) is 0 Å². The maximum atomic E-state index is 12.1. The molecule has 3 nitrogen and oxygen atoms in total. The van der Waals surface area contributed by atoms with Crippen molar-refractivity contribution in [1.29, 1.82) is 0 Å². The van der Waals surface area contributed by atoms with Crippen molar-refractivity contribution in [2.45, 2.75) is 6.54 Å². The molecule has 0 aromatic heterocycles. The molecule has 2 rings (SSSR count). The van der Waals surface area contributed by atoms with E-state index in [2.05, 4.69) is 5.32 Å². The van der Waals surface area contributed by atoms with Gasteiger partial charge in [-0.2, -0.15) is 0 Å². The SMILES string of the molecule is C[NH+](CC(=O)Nc1ccc(Cl)cc1Cl)Cc1ccc(Cl)cc1. The van der Waals surface area contributed by atoms with Gasteiger partial charge in [-0.3, -0.25) is 4.79 Å². The second-order valence-electron chi connectivity index (χ2n) is 5.11. The molecule has 0 radical (unpaired) electrons. The maximum Gasteiger partial charge on any atom is 0.279 e. The molecule has 0 bridgehead atoms. The highest BCUT2D eigenvalue weighted by molar-refractivity contribution is 6.36. The Morgan fingerprint density at radius 3 is 2.32 bits per heavy atom. The van der Waals surface area contributed by atoms with Crippen molar-refractivity contribution in [2.24, 2.45) is 0 Å². The van der Waals surface area contributed by atoms with Gasteiger partial charge in [-0.15, -0.1) is 0 Å². The summed E-state index contributed by atoms with van der Waals surface area (Å²) >= 11 is 17.7. The Balaban J connectivity index is 1.89. The van der Waals surface area contributed by atoms with Gasteiger partial charge < -0.3 is 10.2 Å². The molecular formula is C16H16Cl3N2O+. The fourth-order valence-electron chi connectivity index (χ4n) is 2.07. The van der Waals surface area contributed by atoms with E-state index in [1.807, 2.05) is 31.3 Å². The number of likely N-dealkylation sites (N-methyl/N-ethyl adjacent to an activating group) is 1. The normalized spacial score (nSPS) is 12.0. The van der Waals surface area contributed by atoms with Gasteiger partial charge in [0.25, 0.3) is 5.91 Å². The largest absolute Gasteiger partial charge is 0.326 e. The number of quaternary nitrogens is 1. The Kier molecular flexibility index (Phi) is 6.09. The van der Waals surface area contributed by atoms with Crippen LogP contribution in [0, 0.1) is 0 Å². The van der Waals surface area contributed by atoms with Crippen LogP contribution in [0.25, 0.3) is 0 Å². The lowest BCUT2D eigenvalue weighted by molar-refractivity contribution is -0.885. The minimum absolute atomic E-state index is 0.101. The van der Waals surface area contributed by atoms with E-state index in [1.165, 1.54) is 0 Å². The Morgan fingerprint density at radius 2 is 1.68 bits per heavy atom. The number of amides is 1. The predicted octanol–water partition coefficient (Wildman–Crippen LogP) is 3.30. The molecule has 2 aromatic rings. The highest BCUT2D eigenvalue weighted by Gasteiger charge is 2.12. The van der Waals surface area contributed by atoms with Gasteiger partial charge in [0, 0.05) is 15.6 Å². The lowest BCUT2D eigenvalue weighted by Crippen LogP contribution is -3.08. The third kappa shape index (κ3) is 5.18. The van der Waals surface area contributed by atoms with Gasteiger partial charge in [0.2, 0.25) is 0 Å². The van der Waals surface area contributed by atoms with Crippen LogP contribution in [0.1, 0.15) is 5.56 Å². The Hall–Kier alpha value is -1.26. The lowest BCUT2D eigenvalue weighted by atomic mass is 10.2. The fraction of sp³-hybridized carbons (Fsp3) is 0.188. The van der Waals surface area contributed by atoms with Crippen molar-refractivity contribution in [2.75, 3.05) is 18.9 Å². The van der Waals surface area contributed by atoms with Crippen molar-refractivity contribution >= 4 is 46.4 Å². The first kappa shape index (κ1) is 17.1. The average Bonchev–Trinajstić information content (AvgIpc) is 2.44. The summed E-state index contributed by atoms with van der Waals surface area (Å²) in [5, 5.41) is 4.46. The molecule has 0 saturated heterocycles. The number of rotatable bonds is 5. The van der Waals surface area contributed by atoms with Gasteiger partial charge in [0.15, 0.2) is 6.54 Å². The van der Waals surface area contributed by atoms with Crippen LogP contribution in [0.2, 0.25) is 15.1 Å². The fourth-order valence-corrected chi connectivity index (χ4v) is 2.65. The van der Waals surface area contributed by atoms with Gasteiger partial charge >= 0.3 is 0 Å². The third-order valence-corrected chi connectivity index (χ3v) is 3.89. The minimum Gasteiger partial charge on any atom is -0.326 e. The Bertz CT molecular complexity index is 659. The summed E-state index contributed by atoms with van der Waals surface area (Å²) < 4.78 is 0. The quantitative estimate of drug-likeness (QED) is 0.845. The first-order valence-electron chi connectivity index (χ1n) is 6.74. The highest BCUT2D eigenvalue weighted by atomic mass is 35.5. The van der Waals surface area contributed by atoms with E-state index in [1.54, 1.807) is 18.2 Å². The number of benzene rings is 2. The van der Waals surface area contributed by atoms with Crippen molar-refractivity contribution < 1.29 is 9.69 Å². The zero-order chi connectivity index (χ0) is 16.1. The van der Waals surface area contributed by atoms with Crippen LogP contribution in [-0.4, -0.2) is 19.5 Å². The summed E-state index contributed by atoms with van der Waals surface area (Å²) in [6.45, 7) is 1.07.